The molecule has 4 rings (SSSR count). The minimum absolute atomic E-state index is 0.0374. The maximum atomic E-state index is 12.5. The van der Waals surface area contributed by atoms with Gasteiger partial charge in [-0.25, -0.2) is 4.98 Å². The van der Waals surface area contributed by atoms with Crippen molar-refractivity contribution in [2.24, 2.45) is 0 Å². The van der Waals surface area contributed by atoms with E-state index < -0.39 is 0 Å². The van der Waals surface area contributed by atoms with Crippen LogP contribution in [0.1, 0.15) is 42.8 Å². The van der Waals surface area contributed by atoms with E-state index >= 15 is 0 Å². The van der Waals surface area contributed by atoms with E-state index in [1.807, 2.05) is 61.5 Å². The number of nitrogens with one attached hydrogen (secondary N) is 1. The van der Waals surface area contributed by atoms with Gasteiger partial charge in [-0.2, -0.15) is 0 Å². The van der Waals surface area contributed by atoms with E-state index in [1.54, 1.807) is 0 Å². The van der Waals surface area contributed by atoms with Crippen molar-refractivity contribution in [3.05, 3.63) is 89.7 Å². The number of amides is 1. The highest BCUT2D eigenvalue weighted by molar-refractivity contribution is 5.79. The fourth-order valence-corrected chi connectivity index (χ4v) is 4.19. The number of hydrogen-bond acceptors (Lipinski definition) is 4. The van der Waals surface area contributed by atoms with Gasteiger partial charge in [-0.1, -0.05) is 48.0 Å². The molecule has 0 saturated heterocycles. The summed E-state index contributed by atoms with van der Waals surface area (Å²) in [5, 5.41) is 3.03. The van der Waals surface area contributed by atoms with Crippen molar-refractivity contribution in [2.75, 3.05) is 13.2 Å². The Labute approximate surface area is 206 Å². The predicted octanol–water partition coefficient (Wildman–Crippen LogP) is 5.77. The Morgan fingerprint density at radius 1 is 0.971 bits per heavy atom. The first-order valence-corrected chi connectivity index (χ1v) is 12.1. The Morgan fingerprint density at radius 2 is 1.74 bits per heavy atom. The van der Waals surface area contributed by atoms with Crippen molar-refractivity contribution in [3.63, 3.8) is 0 Å². The van der Waals surface area contributed by atoms with E-state index in [0.717, 1.165) is 47.6 Å². The average Bonchev–Trinajstić information content (AvgIpc) is 3.23. The molecule has 35 heavy (non-hydrogen) atoms. The topological polar surface area (TPSA) is 65.4 Å². The summed E-state index contributed by atoms with van der Waals surface area (Å²) in [6, 6.07) is 23.4. The molecule has 0 aliphatic rings. The number of fused-ring (bicyclic) bond motifs is 1. The third kappa shape index (κ3) is 6.41. The molecule has 0 aliphatic carbocycles. The normalized spacial score (nSPS) is 11.9. The number of carbonyl (C=O) groups is 1. The van der Waals surface area contributed by atoms with Crippen LogP contribution in [0.4, 0.5) is 0 Å². The molecule has 3 aromatic carbocycles. The summed E-state index contributed by atoms with van der Waals surface area (Å²) < 4.78 is 13.8. The van der Waals surface area contributed by atoms with Crippen molar-refractivity contribution in [3.8, 4) is 11.5 Å². The molecule has 182 valence electrons. The average molecular weight is 472 g/mol. The predicted molar refractivity (Wildman–Crippen MR) is 139 cm³/mol. The van der Waals surface area contributed by atoms with Gasteiger partial charge in [-0.3, -0.25) is 4.79 Å². The molecule has 1 aromatic heterocycles. The number of aromatic nitrogens is 2. The van der Waals surface area contributed by atoms with Crippen molar-refractivity contribution >= 4 is 16.9 Å². The Kier molecular flexibility index (Phi) is 8.03. The van der Waals surface area contributed by atoms with Gasteiger partial charge in [0.05, 0.1) is 23.7 Å². The van der Waals surface area contributed by atoms with E-state index in [1.165, 1.54) is 5.56 Å². The molecule has 1 unspecified atom stereocenters. The highest BCUT2D eigenvalue weighted by Gasteiger charge is 2.18. The standard InChI is InChI=1S/C29H33N3O3/c1-21-15-16-27(22(2)19-21)34-18-10-9-17-32-26-14-8-7-13-25(26)31-29(32)23(3)30-28(33)20-35-24-11-5-4-6-12-24/h4-8,11-16,19,23H,9-10,17-18,20H2,1-3H3,(H,30,33). The molecule has 1 N–H and O–H groups in total. The van der Waals surface area contributed by atoms with Gasteiger partial charge < -0.3 is 19.4 Å². The first kappa shape index (κ1) is 24.3. The van der Waals surface area contributed by atoms with Crippen molar-refractivity contribution in [2.45, 2.75) is 46.2 Å². The first-order chi connectivity index (χ1) is 17.0. The molecule has 1 amide bonds. The van der Waals surface area contributed by atoms with Gasteiger partial charge in [-0.15, -0.1) is 0 Å². The van der Waals surface area contributed by atoms with Crippen molar-refractivity contribution in [1.29, 1.82) is 0 Å². The summed E-state index contributed by atoms with van der Waals surface area (Å²) in [5.41, 5.74) is 4.39. The molecule has 6 heteroatoms. The van der Waals surface area contributed by atoms with Crippen LogP contribution in [-0.2, 0) is 11.3 Å². The van der Waals surface area contributed by atoms with Crippen LogP contribution in [0.25, 0.3) is 11.0 Å². The van der Waals surface area contributed by atoms with Crippen LogP contribution >= 0.6 is 0 Å². The number of para-hydroxylation sites is 3. The van der Waals surface area contributed by atoms with Gasteiger partial charge in [0.15, 0.2) is 6.61 Å². The zero-order valence-corrected chi connectivity index (χ0v) is 20.7. The second kappa shape index (κ2) is 11.6. The van der Waals surface area contributed by atoms with E-state index in [4.69, 9.17) is 14.5 Å². The van der Waals surface area contributed by atoms with Crippen LogP contribution in [0.15, 0.2) is 72.8 Å². The van der Waals surface area contributed by atoms with Gasteiger partial charge in [0.2, 0.25) is 0 Å². The van der Waals surface area contributed by atoms with Crippen molar-refractivity contribution in [1.82, 2.24) is 14.9 Å². The van der Waals surface area contributed by atoms with E-state index in [0.29, 0.717) is 12.4 Å². The highest BCUT2D eigenvalue weighted by Crippen LogP contribution is 2.22. The van der Waals surface area contributed by atoms with Crippen LogP contribution in [-0.4, -0.2) is 28.7 Å². The number of aryl methyl sites for hydroxylation is 3. The van der Waals surface area contributed by atoms with Crippen LogP contribution in [0, 0.1) is 13.8 Å². The number of imidazole rings is 1. The van der Waals surface area contributed by atoms with E-state index in [9.17, 15) is 4.79 Å². The molecule has 0 fully saturated rings. The number of hydrogen-bond donors (Lipinski definition) is 1. The van der Waals surface area contributed by atoms with Crippen LogP contribution in [0.5, 0.6) is 11.5 Å². The molecule has 1 atom stereocenters. The van der Waals surface area contributed by atoms with E-state index in [2.05, 4.69) is 41.9 Å². The Bertz CT molecular complexity index is 1270. The molecule has 6 nitrogen and oxygen atoms in total. The largest absolute Gasteiger partial charge is 0.493 e. The lowest BCUT2D eigenvalue weighted by Gasteiger charge is -2.17. The molecule has 0 saturated carbocycles. The molecule has 0 aliphatic heterocycles. The quantitative estimate of drug-likeness (QED) is 0.282. The lowest BCUT2D eigenvalue weighted by molar-refractivity contribution is -0.123. The minimum Gasteiger partial charge on any atom is -0.493 e. The first-order valence-electron chi connectivity index (χ1n) is 12.1. The molecule has 0 spiro atoms. The van der Waals surface area contributed by atoms with Gasteiger partial charge in [0.1, 0.15) is 17.3 Å². The third-order valence-corrected chi connectivity index (χ3v) is 5.93. The maximum absolute atomic E-state index is 12.5. The summed E-state index contributed by atoms with van der Waals surface area (Å²) in [4.78, 5) is 17.3. The summed E-state index contributed by atoms with van der Waals surface area (Å²) in [6.45, 7) is 7.55. The monoisotopic (exact) mass is 471 g/mol. The van der Waals surface area contributed by atoms with Gasteiger partial charge >= 0.3 is 0 Å². The second-order valence-electron chi connectivity index (χ2n) is 8.83. The fourth-order valence-electron chi connectivity index (χ4n) is 4.19. The second-order valence-corrected chi connectivity index (χ2v) is 8.83. The molecule has 0 radical (unpaired) electrons. The molecular weight excluding hydrogens is 438 g/mol. The Balaban J connectivity index is 1.35. The number of nitrogens with zero attached hydrogens (tertiary/aromatic N) is 2. The zero-order valence-electron chi connectivity index (χ0n) is 20.7. The van der Waals surface area contributed by atoms with Crippen molar-refractivity contribution < 1.29 is 14.3 Å². The Morgan fingerprint density at radius 3 is 2.54 bits per heavy atom. The number of carbonyl (C=O) groups excluding carboxylic acids is 1. The van der Waals surface area contributed by atoms with Gasteiger partial charge in [0.25, 0.3) is 5.91 Å². The smallest absolute Gasteiger partial charge is 0.258 e. The maximum Gasteiger partial charge on any atom is 0.258 e. The molecule has 0 bridgehead atoms. The molecule has 1 heterocycles. The van der Waals surface area contributed by atoms with Crippen LogP contribution < -0.4 is 14.8 Å². The lowest BCUT2D eigenvalue weighted by Crippen LogP contribution is -2.32. The zero-order chi connectivity index (χ0) is 24.6. The summed E-state index contributed by atoms with van der Waals surface area (Å²) in [7, 11) is 0. The molecule has 4 aromatic rings. The Hall–Kier alpha value is -3.80. The number of benzene rings is 3. The molecular formula is C29H33N3O3. The van der Waals surface area contributed by atoms with E-state index in [-0.39, 0.29) is 18.6 Å². The summed E-state index contributed by atoms with van der Waals surface area (Å²) in [5.74, 6) is 2.28. The highest BCUT2D eigenvalue weighted by atomic mass is 16.5. The SMILES string of the molecule is Cc1ccc(OCCCCn2c(C(C)NC(=O)COc3ccccc3)nc3ccccc32)c(C)c1. The number of unbranched alkanes of at least 4 members (excludes halogenated alkanes) is 1. The number of rotatable bonds is 11. The summed E-state index contributed by atoms with van der Waals surface area (Å²) >= 11 is 0. The van der Waals surface area contributed by atoms with Gasteiger partial charge in [0, 0.05) is 6.54 Å². The van der Waals surface area contributed by atoms with Gasteiger partial charge in [-0.05, 0) is 69.5 Å². The lowest BCUT2D eigenvalue weighted by atomic mass is 10.1. The fraction of sp³-hybridized carbons (Fsp3) is 0.310. The number of ether oxygens (including phenoxy) is 2. The van der Waals surface area contributed by atoms with Crippen LogP contribution in [0.3, 0.4) is 0 Å². The summed E-state index contributed by atoms with van der Waals surface area (Å²) in [6.07, 6.45) is 1.86. The third-order valence-electron chi connectivity index (χ3n) is 5.93. The minimum atomic E-state index is -0.249. The van der Waals surface area contributed by atoms with Crippen LogP contribution in [0.2, 0.25) is 0 Å².